The summed E-state index contributed by atoms with van der Waals surface area (Å²) in [6.45, 7) is 1.92. The van der Waals surface area contributed by atoms with E-state index in [1.165, 1.54) is 0 Å². The van der Waals surface area contributed by atoms with Crippen molar-refractivity contribution in [1.82, 2.24) is 14.5 Å². The Labute approximate surface area is 115 Å². The molecule has 3 rings (SSSR count). The van der Waals surface area contributed by atoms with Crippen LogP contribution in [0.2, 0.25) is 0 Å². The van der Waals surface area contributed by atoms with Gasteiger partial charge in [0, 0.05) is 17.8 Å². The average Bonchev–Trinajstić information content (AvgIpc) is 2.82. The fourth-order valence-corrected chi connectivity index (χ4v) is 2.20. The third-order valence-electron chi connectivity index (χ3n) is 3.17. The minimum atomic E-state index is 0.553. The van der Waals surface area contributed by atoms with Gasteiger partial charge in [-0.3, -0.25) is 9.36 Å². The van der Waals surface area contributed by atoms with Crippen LogP contribution in [0.25, 0.3) is 16.9 Å². The molecule has 2 aromatic heterocycles. The van der Waals surface area contributed by atoms with Gasteiger partial charge in [0.2, 0.25) is 0 Å². The molecule has 0 aliphatic heterocycles. The number of hydrogen-bond acceptors (Lipinski definition) is 4. The van der Waals surface area contributed by atoms with E-state index < -0.39 is 0 Å². The zero-order valence-corrected chi connectivity index (χ0v) is 11.2. The van der Waals surface area contributed by atoms with Crippen LogP contribution >= 0.6 is 0 Å². The third-order valence-corrected chi connectivity index (χ3v) is 3.17. The number of aryl methyl sites for hydroxylation is 1. The van der Waals surface area contributed by atoms with Crippen molar-refractivity contribution in [3.8, 4) is 11.6 Å². The van der Waals surface area contributed by atoms with Crippen molar-refractivity contribution in [2.75, 3.05) is 7.11 Å². The molecule has 5 heteroatoms. The van der Waals surface area contributed by atoms with Crippen molar-refractivity contribution in [2.24, 2.45) is 0 Å². The second-order valence-corrected chi connectivity index (χ2v) is 4.42. The minimum absolute atomic E-state index is 0.553. The molecule has 2 heterocycles. The highest BCUT2D eigenvalue weighted by Crippen LogP contribution is 2.24. The highest BCUT2D eigenvalue weighted by atomic mass is 16.5. The number of ether oxygens (including phenoxy) is 1. The molecule has 0 saturated heterocycles. The Balaban J connectivity index is 2.19. The first kappa shape index (κ1) is 12.3. The predicted octanol–water partition coefficient (Wildman–Crippen LogP) is 2.55. The largest absolute Gasteiger partial charge is 0.497 e. The third kappa shape index (κ3) is 1.93. The number of benzene rings is 1. The molecule has 0 N–H and O–H groups in total. The van der Waals surface area contributed by atoms with Gasteiger partial charge in [0.1, 0.15) is 17.4 Å². The molecule has 0 unspecified atom stereocenters. The topological polar surface area (TPSA) is 57.0 Å². The molecule has 0 amide bonds. The number of hydrogen-bond donors (Lipinski definition) is 0. The van der Waals surface area contributed by atoms with Gasteiger partial charge in [-0.1, -0.05) is 0 Å². The van der Waals surface area contributed by atoms with Crippen molar-refractivity contribution in [2.45, 2.75) is 6.92 Å². The molecule has 5 nitrogen and oxygen atoms in total. The van der Waals surface area contributed by atoms with Crippen LogP contribution in [0, 0.1) is 6.92 Å². The van der Waals surface area contributed by atoms with Gasteiger partial charge in [-0.2, -0.15) is 0 Å². The predicted molar refractivity (Wildman–Crippen MR) is 75.5 cm³/mol. The van der Waals surface area contributed by atoms with Gasteiger partial charge in [0.25, 0.3) is 0 Å². The number of fused-ring (bicyclic) bond motifs is 1. The zero-order valence-electron chi connectivity index (χ0n) is 11.2. The number of carbonyl (C=O) groups excluding carboxylic acids is 1. The summed E-state index contributed by atoms with van der Waals surface area (Å²) in [4.78, 5) is 19.5. The van der Waals surface area contributed by atoms with Crippen molar-refractivity contribution < 1.29 is 9.53 Å². The highest BCUT2D eigenvalue weighted by Gasteiger charge is 2.10. The molecule has 20 heavy (non-hydrogen) atoms. The number of carbonyl (C=O) groups is 1. The van der Waals surface area contributed by atoms with Crippen molar-refractivity contribution in [1.29, 1.82) is 0 Å². The van der Waals surface area contributed by atoms with E-state index in [0.717, 1.165) is 34.7 Å². The summed E-state index contributed by atoms with van der Waals surface area (Å²) in [5, 5.41) is 0. The molecule has 0 fully saturated rings. The van der Waals surface area contributed by atoms with Gasteiger partial charge in [0.15, 0.2) is 6.29 Å². The van der Waals surface area contributed by atoms with Crippen LogP contribution in [0.1, 0.15) is 16.2 Å². The minimum Gasteiger partial charge on any atom is -0.497 e. The lowest BCUT2D eigenvalue weighted by molar-refractivity contribution is 0.112. The molecule has 100 valence electrons. The van der Waals surface area contributed by atoms with Gasteiger partial charge in [-0.25, -0.2) is 9.97 Å². The monoisotopic (exact) mass is 267 g/mol. The van der Waals surface area contributed by atoms with Gasteiger partial charge in [-0.05, 0) is 31.2 Å². The van der Waals surface area contributed by atoms with Crippen molar-refractivity contribution >= 4 is 17.3 Å². The van der Waals surface area contributed by atoms with Crippen LogP contribution in [-0.4, -0.2) is 27.9 Å². The summed E-state index contributed by atoms with van der Waals surface area (Å²) >= 11 is 0. The number of imidazole rings is 1. The van der Waals surface area contributed by atoms with Gasteiger partial charge in [-0.15, -0.1) is 0 Å². The van der Waals surface area contributed by atoms with Crippen molar-refractivity contribution in [3.05, 3.63) is 47.9 Å². The summed E-state index contributed by atoms with van der Waals surface area (Å²) in [6.07, 6.45) is 2.33. The molecular formula is C15H13N3O2. The summed E-state index contributed by atoms with van der Waals surface area (Å²) in [6, 6.07) is 9.27. The molecule has 0 aliphatic carbocycles. The Morgan fingerprint density at radius 2 is 2.10 bits per heavy atom. The Bertz CT molecular complexity index is 776. The molecule has 1 aromatic carbocycles. The summed E-state index contributed by atoms with van der Waals surface area (Å²) in [5.74, 6) is 2.34. The lowest BCUT2D eigenvalue weighted by Crippen LogP contribution is -2.00. The molecule has 0 aliphatic rings. The fraction of sp³-hybridized carbons (Fsp3) is 0.133. The van der Waals surface area contributed by atoms with E-state index in [-0.39, 0.29) is 0 Å². The Morgan fingerprint density at radius 3 is 2.75 bits per heavy atom. The van der Waals surface area contributed by atoms with E-state index in [1.807, 2.05) is 35.8 Å². The van der Waals surface area contributed by atoms with E-state index in [4.69, 9.17) is 4.74 Å². The summed E-state index contributed by atoms with van der Waals surface area (Å²) < 4.78 is 7.15. The maximum atomic E-state index is 10.7. The quantitative estimate of drug-likeness (QED) is 0.684. The molecule has 0 radical (unpaired) electrons. The smallest absolute Gasteiger partial charge is 0.151 e. The van der Waals surface area contributed by atoms with Gasteiger partial charge >= 0.3 is 0 Å². The van der Waals surface area contributed by atoms with Crippen LogP contribution in [-0.2, 0) is 0 Å². The van der Waals surface area contributed by atoms with E-state index in [1.54, 1.807) is 19.4 Å². The van der Waals surface area contributed by atoms with E-state index >= 15 is 0 Å². The maximum Gasteiger partial charge on any atom is 0.151 e. The summed E-state index contributed by atoms with van der Waals surface area (Å²) in [7, 11) is 1.63. The molecule has 0 saturated carbocycles. The second-order valence-electron chi connectivity index (χ2n) is 4.42. The van der Waals surface area contributed by atoms with E-state index in [0.29, 0.717) is 5.56 Å². The van der Waals surface area contributed by atoms with Crippen LogP contribution in [0.3, 0.4) is 0 Å². The van der Waals surface area contributed by atoms with Crippen LogP contribution in [0.4, 0.5) is 0 Å². The number of rotatable bonds is 3. The molecule has 0 spiro atoms. The molecule has 3 aromatic rings. The second kappa shape index (κ2) is 4.77. The Morgan fingerprint density at radius 1 is 1.25 bits per heavy atom. The SMILES string of the molecule is COc1ccc2c(c1)nc(C)n2-c1ccc(C=O)cn1. The van der Waals surface area contributed by atoms with Gasteiger partial charge in [0.05, 0.1) is 18.1 Å². The number of aromatic nitrogens is 3. The van der Waals surface area contributed by atoms with Crippen LogP contribution < -0.4 is 4.74 Å². The molecular weight excluding hydrogens is 254 g/mol. The number of nitrogens with zero attached hydrogens (tertiary/aromatic N) is 3. The zero-order chi connectivity index (χ0) is 14.1. The Kier molecular flexibility index (Phi) is 2.95. The molecule has 0 atom stereocenters. The molecule has 0 bridgehead atoms. The first-order chi connectivity index (χ1) is 9.72. The van der Waals surface area contributed by atoms with Crippen LogP contribution in [0.15, 0.2) is 36.5 Å². The number of aldehydes is 1. The number of methoxy groups -OCH3 is 1. The fourth-order valence-electron chi connectivity index (χ4n) is 2.20. The first-order valence-corrected chi connectivity index (χ1v) is 6.17. The van der Waals surface area contributed by atoms with E-state index in [2.05, 4.69) is 9.97 Å². The van der Waals surface area contributed by atoms with Crippen LogP contribution in [0.5, 0.6) is 5.75 Å². The lowest BCUT2D eigenvalue weighted by atomic mass is 10.3. The average molecular weight is 267 g/mol. The first-order valence-electron chi connectivity index (χ1n) is 6.17. The highest BCUT2D eigenvalue weighted by molar-refractivity contribution is 5.80. The van der Waals surface area contributed by atoms with Gasteiger partial charge < -0.3 is 4.74 Å². The van der Waals surface area contributed by atoms with Crippen molar-refractivity contribution in [3.63, 3.8) is 0 Å². The van der Waals surface area contributed by atoms with E-state index in [9.17, 15) is 4.79 Å². The normalized spacial score (nSPS) is 10.7. The maximum absolute atomic E-state index is 10.7. The Hall–Kier alpha value is -2.69. The summed E-state index contributed by atoms with van der Waals surface area (Å²) in [5.41, 5.74) is 2.36. The number of pyridine rings is 1. The standard InChI is InChI=1S/C15H13N3O2/c1-10-17-13-7-12(20-2)4-5-14(13)18(10)15-6-3-11(9-19)8-16-15/h3-9H,1-2H3. The lowest BCUT2D eigenvalue weighted by Gasteiger charge is -2.06.